The molecule has 0 unspecified atom stereocenters. The van der Waals surface area contributed by atoms with Crippen molar-refractivity contribution in [2.45, 2.75) is 13.8 Å². The maximum absolute atomic E-state index is 12.6. The van der Waals surface area contributed by atoms with Gasteiger partial charge in [-0.1, -0.05) is 6.07 Å². The Labute approximate surface area is 149 Å². The lowest BCUT2D eigenvalue weighted by molar-refractivity contribution is 0.0694. The summed E-state index contributed by atoms with van der Waals surface area (Å²) in [6.45, 7) is 3.35. The van der Waals surface area contributed by atoms with Crippen LogP contribution in [0.3, 0.4) is 0 Å². The van der Waals surface area contributed by atoms with Crippen molar-refractivity contribution >= 4 is 39.5 Å². The van der Waals surface area contributed by atoms with Crippen LogP contribution in [-0.4, -0.2) is 27.5 Å². The van der Waals surface area contributed by atoms with Gasteiger partial charge < -0.3 is 10.8 Å². The summed E-state index contributed by atoms with van der Waals surface area (Å²) >= 11 is 3.23. The number of carbonyl (C=O) groups excluding carboxylic acids is 2. The highest BCUT2D eigenvalue weighted by atomic mass is 79.9. The lowest BCUT2D eigenvalue weighted by atomic mass is 10.0. The minimum absolute atomic E-state index is 0.0439. The molecule has 2 heterocycles. The third-order valence-electron chi connectivity index (χ3n) is 4.00. The number of nitrogen functional groups attached to an aromatic ring is 1. The van der Waals surface area contributed by atoms with Gasteiger partial charge in [-0.2, -0.15) is 0 Å². The van der Waals surface area contributed by atoms with E-state index in [1.807, 2.05) is 0 Å². The molecule has 8 nitrogen and oxygen atoms in total. The molecule has 0 spiro atoms. The highest BCUT2D eigenvalue weighted by Crippen LogP contribution is 2.32. The average molecular weight is 406 g/mol. The molecule has 1 aliphatic rings. The molecule has 1 aromatic heterocycles. The van der Waals surface area contributed by atoms with E-state index < -0.39 is 23.3 Å². The highest BCUT2D eigenvalue weighted by molar-refractivity contribution is 9.10. The minimum atomic E-state index is -1.26. The van der Waals surface area contributed by atoms with E-state index in [9.17, 15) is 24.3 Å². The van der Waals surface area contributed by atoms with E-state index in [0.717, 1.165) is 10.6 Å². The van der Waals surface area contributed by atoms with E-state index in [1.54, 1.807) is 19.9 Å². The van der Waals surface area contributed by atoms with Crippen LogP contribution in [-0.2, 0) is 0 Å². The second kappa shape index (κ2) is 5.55. The maximum Gasteiger partial charge on any atom is 0.339 e. The van der Waals surface area contributed by atoms with Crippen LogP contribution in [0.5, 0.6) is 0 Å². The van der Waals surface area contributed by atoms with E-state index in [-0.39, 0.29) is 28.2 Å². The van der Waals surface area contributed by atoms with Crippen LogP contribution in [0.1, 0.15) is 42.2 Å². The topological polar surface area (TPSA) is 131 Å². The van der Waals surface area contributed by atoms with Crippen molar-refractivity contribution in [3.8, 4) is 5.69 Å². The number of rotatable bonds is 2. The number of aromatic nitrogens is 1. The number of nitrogens with two attached hydrogens (primary N) is 1. The molecule has 0 saturated carbocycles. The molecule has 0 fully saturated rings. The zero-order valence-electron chi connectivity index (χ0n) is 13.1. The molecule has 0 radical (unpaired) electrons. The zero-order valence-corrected chi connectivity index (χ0v) is 14.7. The second-order valence-electron chi connectivity index (χ2n) is 5.63. The molecule has 1 aromatic carbocycles. The number of amides is 2. The van der Waals surface area contributed by atoms with Crippen molar-refractivity contribution in [1.29, 1.82) is 0 Å². The number of nitrogens with zero attached hydrogens (tertiary/aromatic N) is 1. The van der Waals surface area contributed by atoms with Crippen LogP contribution in [0.2, 0.25) is 0 Å². The van der Waals surface area contributed by atoms with Crippen molar-refractivity contribution in [2.75, 3.05) is 5.73 Å². The van der Waals surface area contributed by atoms with Crippen molar-refractivity contribution in [1.82, 2.24) is 9.88 Å². The van der Waals surface area contributed by atoms with Gasteiger partial charge in [-0.15, -0.1) is 0 Å². The van der Waals surface area contributed by atoms with Crippen LogP contribution in [0.25, 0.3) is 5.69 Å². The maximum atomic E-state index is 12.6. The van der Waals surface area contributed by atoms with E-state index in [2.05, 4.69) is 21.2 Å². The predicted molar refractivity (Wildman–Crippen MR) is 92.4 cm³/mol. The van der Waals surface area contributed by atoms with Gasteiger partial charge in [-0.3, -0.25) is 24.3 Å². The molecular formula is C16H12BrN3O5. The van der Waals surface area contributed by atoms with E-state index in [4.69, 9.17) is 5.73 Å². The Kier molecular flexibility index (Phi) is 3.76. The number of aryl methyl sites for hydroxylation is 2. The Morgan fingerprint density at radius 2 is 1.80 bits per heavy atom. The first-order valence-electron chi connectivity index (χ1n) is 7.09. The Morgan fingerprint density at radius 3 is 2.40 bits per heavy atom. The van der Waals surface area contributed by atoms with Crippen molar-refractivity contribution < 1.29 is 19.5 Å². The number of hydrogen-bond donors (Lipinski definition) is 3. The molecule has 128 valence electrons. The zero-order chi connectivity index (χ0) is 18.6. The summed E-state index contributed by atoms with van der Waals surface area (Å²) in [5.74, 6) is -2.99. The SMILES string of the molecule is Cc1cc(C)c(-n2c(N)c3c(cc2=O)C(=O)NC3=O)c(C(=O)O)c1Br. The lowest BCUT2D eigenvalue weighted by Crippen LogP contribution is -2.26. The quantitative estimate of drug-likeness (QED) is 0.646. The van der Waals surface area contributed by atoms with Crippen LogP contribution in [0.15, 0.2) is 21.4 Å². The summed E-state index contributed by atoms with van der Waals surface area (Å²) in [7, 11) is 0. The van der Waals surface area contributed by atoms with Gasteiger partial charge in [0.25, 0.3) is 17.4 Å². The van der Waals surface area contributed by atoms with Crippen LogP contribution < -0.4 is 16.6 Å². The minimum Gasteiger partial charge on any atom is -0.478 e. The van der Waals surface area contributed by atoms with Gasteiger partial charge in [0.15, 0.2) is 0 Å². The Bertz CT molecular complexity index is 1050. The molecule has 1 aliphatic heterocycles. The number of halogens is 1. The van der Waals surface area contributed by atoms with Crippen LogP contribution >= 0.6 is 15.9 Å². The first-order chi connectivity index (χ1) is 11.6. The van der Waals surface area contributed by atoms with Crippen molar-refractivity contribution in [3.63, 3.8) is 0 Å². The first-order valence-corrected chi connectivity index (χ1v) is 7.89. The number of fused-ring (bicyclic) bond motifs is 1. The van der Waals surface area contributed by atoms with Crippen molar-refractivity contribution in [2.24, 2.45) is 0 Å². The number of pyridine rings is 1. The molecule has 0 atom stereocenters. The fourth-order valence-electron chi connectivity index (χ4n) is 2.95. The Hall–Kier alpha value is -2.94. The van der Waals surface area contributed by atoms with Gasteiger partial charge in [0.2, 0.25) is 0 Å². The fourth-order valence-corrected chi connectivity index (χ4v) is 3.42. The summed E-state index contributed by atoms with van der Waals surface area (Å²) in [6.07, 6.45) is 0. The lowest BCUT2D eigenvalue weighted by Gasteiger charge is -2.18. The molecular weight excluding hydrogens is 394 g/mol. The molecule has 25 heavy (non-hydrogen) atoms. The summed E-state index contributed by atoms with van der Waals surface area (Å²) in [4.78, 5) is 48.0. The number of hydrogen-bond acceptors (Lipinski definition) is 5. The third kappa shape index (κ3) is 2.35. The van der Waals surface area contributed by atoms with Gasteiger partial charge in [-0.05, 0) is 40.9 Å². The molecule has 0 bridgehead atoms. The molecule has 2 aromatic rings. The summed E-state index contributed by atoms with van der Waals surface area (Å²) in [5, 5.41) is 11.7. The van der Waals surface area contributed by atoms with E-state index in [1.165, 1.54) is 0 Å². The van der Waals surface area contributed by atoms with Crippen molar-refractivity contribution in [3.05, 3.63) is 54.8 Å². The summed E-state index contributed by atoms with van der Waals surface area (Å²) < 4.78 is 1.24. The number of benzene rings is 1. The standard InChI is InChI=1S/C16H12BrN3O5/c1-5-3-6(2)12(10(11(5)17)16(24)25)20-8(21)4-7-9(13(20)18)15(23)19-14(7)22/h3-4H,18H2,1-2H3,(H,24,25)(H,19,22,23). The molecule has 2 amide bonds. The second-order valence-corrected chi connectivity index (χ2v) is 6.42. The summed E-state index contributed by atoms with van der Waals surface area (Å²) in [5.41, 5.74) is 6.06. The normalized spacial score (nSPS) is 12.9. The molecule has 4 N–H and O–H groups in total. The number of carbonyl (C=O) groups is 3. The number of carboxylic acid groups (broad SMARTS) is 1. The van der Waals surface area contributed by atoms with Gasteiger partial charge in [0, 0.05) is 10.5 Å². The van der Waals surface area contributed by atoms with Gasteiger partial charge >= 0.3 is 5.97 Å². The van der Waals surface area contributed by atoms with E-state index >= 15 is 0 Å². The highest BCUT2D eigenvalue weighted by Gasteiger charge is 2.33. The monoisotopic (exact) mass is 405 g/mol. The molecule has 0 aliphatic carbocycles. The number of aromatic carboxylic acids is 1. The van der Waals surface area contributed by atoms with Crippen LogP contribution in [0.4, 0.5) is 5.82 Å². The van der Waals surface area contributed by atoms with Gasteiger partial charge in [0.05, 0.1) is 22.4 Å². The van der Waals surface area contributed by atoms with Gasteiger partial charge in [-0.25, -0.2) is 4.79 Å². The average Bonchev–Trinajstić information content (AvgIpc) is 2.78. The van der Waals surface area contributed by atoms with Gasteiger partial charge in [0.1, 0.15) is 5.82 Å². The predicted octanol–water partition coefficient (Wildman–Crippen LogP) is 1.38. The number of imide groups is 1. The van der Waals surface area contributed by atoms with Crippen LogP contribution in [0, 0.1) is 13.8 Å². The third-order valence-corrected chi connectivity index (χ3v) is 5.02. The molecule has 9 heteroatoms. The van der Waals surface area contributed by atoms with E-state index in [0.29, 0.717) is 15.6 Å². The molecule has 0 saturated heterocycles. The fraction of sp³-hybridized carbons (Fsp3) is 0.125. The molecule has 3 rings (SSSR count). The smallest absolute Gasteiger partial charge is 0.339 e. The number of carboxylic acids is 1. The number of anilines is 1. The largest absolute Gasteiger partial charge is 0.478 e. The summed E-state index contributed by atoms with van der Waals surface area (Å²) in [6, 6.07) is 2.67. The Balaban J connectivity index is 2.49. The first kappa shape index (κ1) is 16.9. The number of nitrogens with one attached hydrogen (secondary N) is 1. The Morgan fingerprint density at radius 1 is 1.16 bits per heavy atom.